The van der Waals surface area contributed by atoms with Crippen molar-refractivity contribution < 1.29 is 30.3 Å². The fourth-order valence-electron chi connectivity index (χ4n) is 1.69. The van der Waals surface area contributed by atoms with Gasteiger partial charge in [0.25, 0.3) is 0 Å². The SMILES string of the molecule is O=C(O)c1c(O)c(O)c(O)c2c(O)cccc12. The van der Waals surface area contributed by atoms with E-state index in [-0.39, 0.29) is 10.8 Å². The molecule has 2 aromatic rings. The van der Waals surface area contributed by atoms with Crippen LogP contribution in [-0.4, -0.2) is 31.5 Å². The Morgan fingerprint density at radius 3 is 2.18 bits per heavy atom. The van der Waals surface area contributed by atoms with Gasteiger partial charge in [-0.05, 0) is 6.07 Å². The monoisotopic (exact) mass is 236 g/mol. The minimum absolute atomic E-state index is 0.0645. The fraction of sp³-hybridized carbons (Fsp3) is 0. The molecule has 0 amide bonds. The molecule has 6 heteroatoms. The molecule has 0 aromatic heterocycles. The van der Waals surface area contributed by atoms with Crippen LogP contribution < -0.4 is 0 Å². The van der Waals surface area contributed by atoms with Gasteiger partial charge in [-0.1, -0.05) is 12.1 Å². The number of hydrogen-bond acceptors (Lipinski definition) is 5. The Bertz CT molecular complexity index is 632. The minimum Gasteiger partial charge on any atom is -0.507 e. The van der Waals surface area contributed by atoms with Crippen LogP contribution >= 0.6 is 0 Å². The Kier molecular flexibility index (Phi) is 2.20. The van der Waals surface area contributed by atoms with E-state index in [1.165, 1.54) is 18.2 Å². The van der Waals surface area contributed by atoms with Crippen LogP contribution in [0.25, 0.3) is 10.8 Å². The third-order valence-electron chi connectivity index (χ3n) is 2.45. The molecule has 0 heterocycles. The molecule has 17 heavy (non-hydrogen) atoms. The summed E-state index contributed by atoms with van der Waals surface area (Å²) in [5.41, 5.74) is -0.578. The van der Waals surface area contributed by atoms with Gasteiger partial charge in [-0.3, -0.25) is 0 Å². The van der Waals surface area contributed by atoms with Crippen LogP contribution in [0.5, 0.6) is 23.0 Å². The van der Waals surface area contributed by atoms with Crippen LogP contribution in [0, 0.1) is 0 Å². The first kappa shape index (κ1) is 10.9. The molecule has 88 valence electrons. The number of benzene rings is 2. The lowest BCUT2D eigenvalue weighted by atomic mass is 10.0. The molecule has 0 radical (unpaired) electrons. The highest BCUT2D eigenvalue weighted by molar-refractivity contribution is 6.11. The van der Waals surface area contributed by atoms with Crippen LogP contribution in [-0.2, 0) is 0 Å². The highest BCUT2D eigenvalue weighted by Gasteiger charge is 2.24. The summed E-state index contributed by atoms with van der Waals surface area (Å²) >= 11 is 0. The van der Waals surface area contributed by atoms with Gasteiger partial charge >= 0.3 is 5.97 Å². The third-order valence-corrected chi connectivity index (χ3v) is 2.45. The normalized spacial score (nSPS) is 10.6. The zero-order chi connectivity index (χ0) is 12.7. The van der Waals surface area contributed by atoms with Crippen molar-refractivity contribution in [2.75, 3.05) is 0 Å². The van der Waals surface area contributed by atoms with E-state index < -0.39 is 34.5 Å². The van der Waals surface area contributed by atoms with Gasteiger partial charge in [-0.15, -0.1) is 0 Å². The number of aromatic carboxylic acids is 1. The average Bonchev–Trinajstić information content (AvgIpc) is 2.25. The number of fused-ring (bicyclic) bond motifs is 1. The molecule has 0 unspecified atom stereocenters. The number of phenolic OH excluding ortho intramolecular Hbond substituents is 3. The van der Waals surface area contributed by atoms with Gasteiger partial charge in [-0.25, -0.2) is 4.79 Å². The van der Waals surface area contributed by atoms with Crippen molar-refractivity contribution in [2.45, 2.75) is 0 Å². The predicted molar refractivity (Wildman–Crippen MR) is 57.6 cm³/mol. The summed E-state index contributed by atoms with van der Waals surface area (Å²) in [6.07, 6.45) is 0. The van der Waals surface area contributed by atoms with Crippen LogP contribution in [0.3, 0.4) is 0 Å². The maximum atomic E-state index is 11.0. The van der Waals surface area contributed by atoms with Gasteiger partial charge in [0.05, 0.1) is 5.39 Å². The quantitative estimate of drug-likeness (QED) is 0.477. The highest BCUT2D eigenvalue weighted by atomic mass is 16.4. The smallest absolute Gasteiger partial charge is 0.340 e. The van der Waals surface area contributed by atoms with Crippen LogP contribution in [0.2, 0.25) is 0 Å². The maximum Gasteiger partial charge on any atom is 0.340 e. The second kappa shape index (κ2) is 3.44. The lowest BCUT2D eigenvalue weighted by molar-refractivity contribution is 0.0695. The first-order valence-corrected chi connectivity index (χ1v) is 4.57. The molecule has 0 bridgehead atoms. The number of carboxylic acids is 1. The van der Waals surface area contributed by atoms with Crippen molar-refractivity contribution in [1.82, 2.24) is 0 Å². The molecule has 0 spiro atoms. The Labute approximate surface area is 94.6 Å². The Balaban J connectivity index is 3.10. The zero-order valence-electron chi connectivity index (χ0n) is 8.38. The molecule has 0 aliphatic rings. The lowest BCUT2D eigenvalue weighted by Gasteiger charge is -2.10. The van der Waals surface area contributed by atoms with E-state index in [0.29, 0.717) is 0 Å². The summed E-state index contributed by atoms with van der Waals surface area (Å²) in [5.74, 6) is -4.55. The van der Waals surface area contributed by atoms with E-state index in [4.69, 9.17) is 5.11 Å². The highest BCUT2D eigenvalue weighted by Crippen LogP contribution is 2.47. The average molecular weight is 236 g/mol. The van der Waals surface area contributed by atoms with Gasteiger partial charge in [0.1, 0.15) is 11.3 Å². The van der Waals surface area contributed by atoms with Gasteiger partial charge in [-0.2, -0.15) is 0 Å². The maximum absolute atomic E-state index is 11.0. The molecular weight excluding hydrogens is 228 g/mol. The summed E-state index contributed by atoms with van der Waals surface area (Å²) in [4.78, 5) is 11.0. The summed E-state index contributed by atoms with van der Waals surface area (Å²) in [6, 6.07) is 3.89. The summed E-state index contributed by atoms with van der Waals surface area (Å²) in [5, 5.41) is 46.6. The third kappa shape index (κ3) is 1.38. The minimum atomic E-state index is -1.48. The summed E-state index contributed by atoms with van der Waals surface area (Å²) < 4.78 is 0. The Morgan fingerprint density at radius 2 is 1.59 bits per heavy atom. The van der Waals surface area contributed by atoms with Gasteiger partial charge < -0.3 is 25.5 Å². The Hall–Kier alpha value is -2.63. The van der Waals surface area contributed by atoms with Gasteiger partial charge in [0.15, 0.2) is 11.5 Å². The predicted octanol–water partition coefficient (Wildman–Crippen LogP) is 1.36. The van der Waals surface area contributed by atoms with Crippen molar-refractivity contribution in [1.29, 1.82) is 0 Å². The molecule has 0 saturated heterocycles. The number of carboxylic acid groups (broad SMARTS) is 1. The lowest BCUT2D eigenvalue weighted by Crippen LogP contribution is -1.99. The van der Waals surface area contributed by atoms with E-state index in [2.05, 4.69) is 0 Å². The molecule has 0 aliphatic carbocycles. The fourth-order valence-corrected chi connectivity index (χ4v) is 1.69. The van der Waals surface area contributed by atoms with Gasteiger partial charge in [0, 0.05) is 5.39 Å². The van der Waals surface area contributed by atoms with Crippen LogP contribution in [0.15, 0.2) is 18.2 Å². The zero-order valence-corrected chi connectivity index (χ0v) is 8.38. The van der Waals surface area contributed by atoms with E-state index in [9.17, 15) is 25.2 Å². The van der Waals surface area contributed by atoms with Crippen LogP contribution in [0.4, 0.5) is 0 Å². The van der Waals surface area contributed by atoms with Crippen molar-refractivity contribution in [2.24, 2.45) is 0 Å². The first-order chi connectivity index (χ1) is 7.95. The van der Waals surface area contributed by atoms with Crippen molar-refractivity contribution in [3.63, 3.8) is 0 Å². The first-order valence-electron chi connectivity index (χ1n) is 4.57. The van der Waals surface area contributed by atoms with E-state index in [1.54, 1.807) is 0 Å². The van der Waals surface area contributed by atoms with Crippen LogP contribution in [0.1, 0.15) is 10.4 Å². The van der Waals surface area contributed by atoms with Crippen molar-refractivity contribution in [3.8, 4) is 23.0 Å². The molecule has 0 atom stereocenters. The number of carbonyl (C=O) groups is 1. The number of rotatable bonds is 1. The standard InChI is InChI=1S/C11H8O6/c12-5-3-1-2-4-6(5)8(13)10(15)9(14)7(4)11(16)17/h1-3,12-15H,(H,16,17). The molecule has 0 aliphatic heterocycles. The molecule has 2 rings (SSSR count). The van der Waals surface area contributed by atoms with E-state index in [1.807, 2.05) is 0 Å². The molecular formula is C11H8O6. The van der Waals surface area contributed by atoms with Crippen molar-refractivity contribution in [3.05, 3.63) is 23.8 Å². The number of phenols is 4. The molecule has 0 fully saturated rings. The van der Waals surface area contributed by atoms with Crippen molar-refractivity contribution >= 4 is 16.7 Å². The summed E-state index contributed by atoms with van der Waals surface area (Å²) in [6.45, 7) is 0. The molecule has 2 aromatic carbocycles. The number of aromatic hydroxyl groups is 4. The second-order valence-electron chi connectivity index (χ2n) is 3.43. The van der Waals surface area contributed by atoms with E-state index in [0.717, 1.165) is 0 Å². The topological polar surface area (TPSA) is 118 Å². The molecule has 6 nitrogen and oxygen atoms in total. The molecule has 5 N–H and O–H groups in total. The van der Waals surface area contributed by atoms with E-state index >= 15 is 0 Å². The Morgan fingerprint density at radius 1 is 0.941 bits per heavy atom. The summed E-state index contributed by atoms with van der Waals surface area (Å²) in [7, 11) is 0. The van der Waals surface area contributed by atoms with Gasteiger partial charge in [0.2, 0.25) is 5.75 Å². The number of hydrogen-bond donors (Lipinski definition) is 5. The molecule has 0 saturated carbocycles. The largest absolute Gasteiger partial charge is 0.507 e. The second-order valence-corrected chi connectivity index (χ2v) is 3.43.